The van der Waals surface area contributed by atoms with Crippen LogP contribution in [0, 0.1) is 12.8 Å². The molecule has 0 aromatic heterocycles. The first-order chi connectivity index (χ1) is 8.32. The van der Waals surface area contributed by atoms with E-state index in [1.165, 1.54) is 0 Å². The first-order valence-electron chi connectivity index (χ1n) is 5.62. The smallest absolute Gasteiger partial charge is 0.308 e. The predicted octanol–water partition coefficient (Wildman–Crippen LogP) is 2.49. The van der Waals surface area contributed by atoms with Crippen molar-refractivity contribution in [3.63, 3.8) is 0 Å². The number of carboxylic acids is 1. The minimum atomic E-state index is -0.935. The standard InChI is InChI=1S/C13H16ClNO3/c1-7-6-10(14)4-5-11(7)12(16)15-9(3)8(2)13(17)18/h4-6,8-9H,1-3H3,(H,15,16)(H,17,18). The van der Waals surface area contributed by atoms with Crippen molar-refractivity contribution in [2.24, 2.45) is 5.92 Å². The monoisotopic (exact) mass is 269 g/mol. The summed E-state index contributed by atoms with van der Waals surface area (Å²) in [4.78, 5) is 22.8. The summed E-state index contributed by atoms with van der Waals surface area (Å²) in [6, 6.07) is 4.52. The van der Waals surface area contributed by atoms with E-state index in [4.69, 9.17) is 16.7 Å². The summed E-state index contributed by atoms with van der Waals surface area (Å²) < 4.78 is 0. The van der Waals surface area contributed by atoms with Gasteiger partial charge in [0.25, 0.3) is 5.91 Å². The van der Waals surface area contributed by atoms with Crippen LogP contribution in [0.4, 0.5) is 0 Å². The predicted molar refractivity (Wildman–Crippen MR) is 69.9 cm³/mol. The number of aliphatic carboxylic acids is 1. The van der Waals surface area contributed by atoms with Gasteiger partial charge in [0.1, 0.15) is 0 Å². The first-order valence-corrected chi connectivity index (χ1v) is 6.00. The van der Waals surface area contributed by atoms with E-state index >= 15 is 0 Å². The third kappa shape index (κ3) is 3.47. The lowest BCUT2D eigenvalue weighted by atomic mass is 10.0. The summed E-state index contributed by atoms with van der Waals surface area (Å²) in [5.41, 5.74) is 1.26. The summed E-state index contributed by atoms with van der Waals surface area (Å²) in [7, 11) is 0. The van der Waals surface area contributed by atoms with Gasteiger partial charge in [-0.2, -0.15) is 0 Å². The normalized spacial score (nSPS) is 13.8. The summed E-state index contributed by atoms with van der Waals surface area (Å²) >= 11 is 5.81. The largest absolute Gasteiger partial charge is 0.481 e. The van der Waals surface area contributed by atoms with E-state index in [9.17, 15) is 9.59 Å². The molecule has 4 nitrogen and oxygen atoms in total. The Labute approximate surface area is 111 Å². The summed E-state index contributed by atoms with van der Waals surface area (Å²) in [6.07, 6.45) is 0. The van der Waals surface area contributed by atoms with Crippen LogP contribution in [0.15, 0.2) is 18.2 Å². The fourth-order valence-corrected chi connectivity index (χ4v) is 1.73. The van der Waals surface area contributed by atoms with Crippen LogP contribution in [0.3, 0.4) is 0 Å². The number of rotatable bonds is 4. The average Bonchev–Trinajstić information content (AvgIpc) is 2.27. The maximum atomic E-state index is 12.0. The van der Waals surface area contributed by atoms with Crippen molar-refractivity contribution in [1.82, 2.24) is 5.32 Å². The molecule has 0 bridgehead atoms. The number of amides is 1. The van der Waals surface area contributed by atoms with Crippen molar-refractivity contribution in [2.45, 2.75) is 26.8 Å². The van der Waals surface area contributed by atoms with E-state index in [0.717, 1.165) is 5.56 Å². The van der Waals surface area contributed by atoms with E-state index in [0.29, 0.717) is 10.6 Å². The molecule has 0 aliphatic heterocycles. The van der Waals surface area contributed by atoms with Gasteiger partial charge in [-0.1, -0.05) is 11.6 Å². The van der Waals surface area contributed by atoms with Gasteiger partial charge in [-0.15, -0.1) is 0 Å². The number of hydrogen-bond donors (Lipinski definition) is 2. The summed E-state index contributed by atoms with van der Waals surface area (Å²) in [6.45, 7) is 5.01. The molecular formula is C13H16ClNO3. The molecule has 2 atom stereocenters. The molecule has 1 rings (SSSR count). The Morgan fingerprint density at radius 3 is 2.44 bits per heavy atom. The van der Waals surface area contributed by atoms with Crippen LogP contribution in [0.5, 0.6) is 0 Å². The minimum absolute atomic E-state index is 0.287. The van der Waals surface area contributed by atoms with E-state index in [1.807, 2.05) is 0 Å². The Kier molecular flexibility index (Phi) is 4.73. The molecule has 2 N–H and O–H groups in total. The van der Waals surface area contributed by atoms with Crippen molar-refractivity contribution >= 4 is 23.5 Å². The average molecular weight is 270 g/mol. The molecule has 0 radical (unpaired) electrons. The molecule has 2 unspecified atom stereocenters. The van der Waals surface area contributed by atoms with Gasteiger partial charge in [-0.05, 0) is 44.5 Å². The summed E-state index contributed by atoms with van der Waals surface area (Å²) in [5, 5.41) is 12.1. The quantitative estimate of drug-likeness (QED) is 0.882. The van der Waals surface area contributed by atoms with E-state index in [-0.39, 0.29) is 5.91 Å². The molecule has 0 fully saturated rings. The zero-order valence-electron chi connectivity index (χ0n) is 10.5. The fourth-order valence-electron chi connectivity index (χ4n) is 1.51. The second-order valence-corrected chi connectivity index (χ2v) is 4.78. The second-order valence-electron chi connectivity index (χ2n) is 4.35. The molecule has 0 heterocycles. The maximum absolute atomic E-state index is 12.0. The Bertz CT molecular complexity index is 473. The van der Waals surface area contributed by atoms with Gasteiger partial charge in [0.15, 0.2) is 0 Å². The number of carbonyl (C=O) groups is 2. The van der Waals surface area contributed by atoms with Crippen molar-refractivity contribution in [3.05, 3.63) is 34.3 Å². The van der Waals surface area contributed by atoms with Gasteiger partial charge in [0.2, 0.25) is 0 Å². The molecule has 0 aliphatic rings. The lowest BCUT2D eigenvalue weighted by Crippen LogP contribution is -2.40. The molecule has 98 valence electrons. The van der Waals surface area contributed by atoms with Crippen molar-refractivity contribution in [3.8, 4) is 0 Å². The highest BCUT2D eigenvalue weighted by Crippen LogP contribution is 2.15. The molecule has 1 amide bonds. The number of carboxylic acid groups (broad SMARTS) is 1. The Balaban J connectivity index is 2.79. The third-order valence-electron chi connectivity index (χ3n) is 2.93. The number of hydrogen-bond acceptors (Lipinski definition) is 2. The number of nitrogens with one attached hydrogen (secondary N) is 1. The van der Waals surface area contributed by atoms with Gasteiger partial charge in [-0.25, -0.2) is 0 Å². The van der Waals surface area contributed by atoms with Crippen LogP contribution in [0.1, 0.15) is 29.8 Å². The van der Waals surface area contributed by atoms with Crippen LogP contribution < -0.4 is 5.32 Å². The zero-order chi connectivity index (χ0) is 13.9. The molecule has 0 aliphatic carbocycles. The van der Waals surface area contributed by atoms with E-state index < -0.39 is 17.9 Å². The van der Waals surface area contributed by atoms with Crippen molar-refractivity contribution in [1.29, 1.82) is 0 Å². The molecule has 18 heavy (non-hydrogen) atoms. The van der Waals surface area contributed by atoms with Crippen molar-refractivity contribution < 1.29 is 14.7 Å². The van der Waals surface area contributed by atoms with Crippen molar-refractivity contribution in [2.75, 3.05) is 0 Å². The van der Waals surface area contributed by atoms with Crippen LogP contribution in [0.2, 0.25) is 5.02 Å². The lowest BCUT2D eigenvalue weighted by Gasteiger charge is -2.18. The minimum Gasteiger partial charge on any atom is -0.481 e. The molecule has 0 spiro atoms. The van der Waals surface area contributed by atoms with E-state index in [2.05, 4.69) is 5.32 Å². The van der Waals surface area contributed by atoms with Crippen LogP contribution in [-0.2, 0) is 4.79 Å². The molecule has 1 aromatic rings. The van der Waals surface area contributed by atoms with Gasteiger partial charge in [-0.3, -0.25) is 9.59 Å². The third-order valence-corrected chi connectivity index (χ3v) is 3.17. The number of benzene rings is 1. The lowest BCUT2D eigenvalue weighted by molar-refractivity contribution is -0.141. The van der Waals surface area contributed by atoms with Gasteiger partial charge in [0, 0.05) is 16.6 Å². The summed E-state index contributed by atoms with van der Waals surface area (Å²) in [5.74, 6) is -1.86. The zero-order valence-corrected chi connectivity index (χ0v) is 11.3. The molecule has 5 heteroatoms. The highest BCUT2D eigenvalue weighted by molar-refractivity contribution is 6.30. The molecule has 0 saturated carbocycles. The molecule has 1 aromatic carbocycles. The van der Waals surface area contributed by atoms with Crippen LogP contribution in [0.25, 0.3) is 0 Å². The topological polar surface area (TPSA) is 66.4 Å². The Hall–Kier alpha value is -1.55. The highest BCUT2D eigenvalue weighted by Gasteiger charge is 2.21. The SMILES string of the molecule is Cc1cc(Cl)ccc1C(=O)NC(C)C(C)C(=O)O. The Morgan fingerprint density at radius 2 is 1.94 bits per heavy atom. The highest BCUT2D eigenvalue weighted by atomic mass is 35.5. The number of carbonyl (C=O) groups excluding carboxylic acids is 1. The van der Waals surface area contributed by atoms with Gasteiger partial charge >= 0.3 is 5.97 Å². The number of aryl methyl sites for hydroxylation is 1. The molecular weight excluding hydrogens is 254 g/mol. The van der Waals surface area contributed by atoms with Crippen LogP contribution >= 0.6 is 11.6 Å². The first kappa shape index (κ1) is 14.5. The second kappa shape index (κ2) is 5.87. The fraction of sp³-hybridized carbons (Fsp3) is 0.385. The van der Waals surface area contributed by atoms with Gasteiger partial charge < -0.3 is 10.4 Å². The Morgan fingerprint density at radius 1 is 1.33 bits per heavy atom. The van der Waals surface area contributed by atoms with Crippen LogP contribution in [-0.4, -0.2) is 23.0 Å². The maximum Gasteiger partial charge on any atom is 0.308 e. The van der Waals surface area contributed by atoms with E-state index in [1.54, 1.807) is 39.0 Å². The molecule has 0 saturated heterocycles. The number of halogens is 1. The van der Waals surface area contributed by atoms with Gasteiger partial charge in [0.05, 0.1) is 5.92 Å².